The average molecular weight is 417 g/mol. The molecule has 5 rings (SSSR count). The van der Waals surface area contributed by atoms with Crippen LogP contribution in [0.2, 0.25) is 0 Å². The Morgan fingerprint density at radius 2 is 1.58 bits per heavy atom. The number of allylic oxidation sites excluding steroid dienone is 3. The van der Waals surface area contributed by atoms with Crippen LogP contribution in [0.3, 0.4) is 0 Å². The van der Waals surface area contributed by atoms with Gasteiger partial charge in [-0.3, -0.25) is 9.59 Å². The van der Waals surface area contributed by atoms with E-state index in [0.29, 0.717) is 40.4 Å². The summed E-state index contributed by atoms with van der Waals surface area (Å²) in [5.74, 6) is 0.895. The van der Waals surface area contributed by atoms with Gasteiger partial charge in [0.25, 0.3) is 0 Å². The van der Waals surface area contributed by atoms with E-state index in [0.717, 1.165) is 35.4 Å². The summed E-state index contributed by atoms with van der Waals surface area (Å²) < 4.78 is 16.8. The molecule has 0 radical (unpaired) electrons. The van der Waals surface area contributed by atoms with Crippen molar-refractivity contribution in [1.82, 2.24) is 5.32 Å². The number of hydrogen-bond donors (Lipinski definition) is 1. The van der Waals surface area contributed by atoms with Gasteiger partial charge >= 0.3 is 0 Å². The lowest BCUT2D eigenvalue weighted by Gasteiger charge is -2.34. The van der Waals surface area contributed by atoms with Crippen molar-refractivity contribution in [3.05, 3.63) is 69.9 Å². The molecule has 0 aromatic heterocycles. The Bertz CT molecular complexity index is 1190. The first-order chi connectivity index (χ1) is 15.1. The molecule has 6 nitrogen and oxygen atoms in total. The summed E-state index contributed by atoms with van der Waals surface area (Å²) in [6.07, 6.45) is 2.02. The lowest BCUT2D eigenvalue weighted by molar-refractivity contribution is -0.116. The van der Waals surface area contributed by atoms with Gasteiger partial charge in [0, 0.05) is 45.9 Å². The minimum absolute atomic E-state index is 0.0610. The monoisotopic (exact) mass is 417 g/mol. The van der Waals surface area contributed by atoms with E-state index in [1.165, 1.54) is 0 Å². The highest BCUT2D eigenvalue weighted by Gasteiger charge is 2.45. The zero-order valence-electron chi connectivity index (χ0n) is 17.7. The molecule has 0 saturated heterocycles. The zero-order chi connectivity index (χ0) is 21.7. The fourth-order valence-corrected chi connectivity index (χ4v) is 5.00. The van der Waals surface area contributed by atoms with Crippen molar-refractivity contribution in [2.45, 2.75) is 25.2 Å². The van der Waals surface area contributed by atoms with Crippen molar-refractivity contribution < 1.29 is 23.8 Å². The number of fused-ring (bicyclic) bond motifs is 2. The van der Waals surface area contributed by atoms with Crippen LogP contribution >= 0.6 is 0 Å². The number of benzene rings is 2. The molecule has 0 spiro atoms. The molecular formula is C25H23NO5. The summed E-state index contributed by atoms with van der Waals surface area (Å²) in [6, 6.07) is 11.2. The maximum Gasteiger partial charge on any atom is 0.203 e. The number of methoxy groups -OCH3 is 3. The van der Waals surface area contributed by atoms with Crippen LogP contribution in [0, 0.1) is 0 Å². The van der Waals surface area contributed by atoms with Crippen LogP contribution in [-0.4, -0.2) is 32.9 Å². The van der Waals surface area contributed by atoms with Crippen molar-refractivity contribution >= 4 is 17.3 Å². The van der Waals surface area contributed by atoms with E-state index >= 15 is 0 Å². The number of rotatable bonds is 4. The number of dihydropyridines is 1. The molecule has 0 saturated carbocycles. The Morgan fingerprint density at radius 3 is 2.29 bits per heavy atom. The van der Waals surface area contributed by atoms with Crippen LogP contribution in [0.1, 0.15) is 46.7 Å². The maximum absolute atomic E-state index is 13.5. The van der Waals surface area contributed by atoms with Gasteiger partial charge in [-0.2, -0.15) is 0 Å². The van der Waals surface area contributed by atoms with E-state index in [2.05, 4.69) is 5.32 Å². The summed E-state index contributed by atoms with van der Waals surface area (Å²) >= 11 is 0. The largest absolute Gasteiger partial charge is 0.493 e. The highest BCUT2D eigenvalue weighted by Crippen LogP contribution is 2.53. The topological polar surface area (TPSA) is 73.9 Å². The molecule has 2 aromatic carbocycles. The predicted molar refractivity (Wildman–Crippen MR) is 116 cm³/mol. The number of Topliss-reactive ketones (excluding diaryl/α,β-unsaturated/α-hetero) is 2. The predicted octanol–water partition coefficient (Wildman–Crippen LogP) is 4.01. The molecular weight excluding hydrogens is 394 g/mol. The molecule has 6 heteroatoms. The van der Waals surface area contributed by atoms with Crippen LogP contribution in [0.4, 0.5) is 0 Å². The van der Waals surface area contributed by atoms with Gasteiger partial charge in [0.1, 0.15) is 0 Å². The van der Waals surface area contributed by atoms with Gasteiger partial charge in [0.15, 0.2) is 23.1 Å². The SMILES string of the molecule is COc1ccc(C2C3=C(CCCC3=O)NC3=C2C(=O)c2ccccc23)c(OC)c1OC. The van der Waals surface area contributed by atoms with E-state index in [9.17, 15) is 9.59 Å². The molecule has 1 N–H and O–H groups in total. The summed E-state index contributed by atoms with van der Waals surface area (Å²) in [5.41, 5.74) is 5.15. The van der Waals surface area contributed by atoms with Crippen LogP contribution in [-0.2, 0) is 4.79 Å². The number of ketones is 2. The lowest BCUT2D eigenvalue weighted by atomic mass is 9.74. The van der Waals surface area contributed by atoms with Gasteiger partial charge in [-0.25, -0.2) is 0 Å². The Hall–Kier alpha value is -3.54. The lowest BCUT2D eigenvalue weighted by Crippen LogP contribution is -2.32. The first-order valence-corrected chi connectivity index (χ1v) is 10.3. The van der Waals surface area contributed by atoms with Crippen molar-refractivity contribution in [2.24, 2.45) is 0 Å². The molecule has 2 aromatic rings. The molecule has 1 unspecified atom stereocenters. The molecule has 158 valence electrons. The molecule has 2 aliphatic carbocycles. The average Bonchev–Trinajstić information content (AvgIpc) is 3.09. The quantitative estimate of drug-likeness (QED) is 0.810. The van der Waals surface area contributed by atoms with Crippen LogP contribution in [0.25, 0.3) is 5.70 Å². The number of carbonyl (C=O) groups excluding carboxylic acids is 2. The van der Waals surface area contributed by atoms with Gasteiger partial charge in [0.05, 0.1) is 27.0 Å². The van der Waals surface area contributed by atoms with Gasteiger partial charge in [-0.1, -0.05) is 30.3 Å². The van der Waals surface area contributed by atoms with E-state index in [1.54, 1.807) is 27.4 Å². The smallest absolute Gasteiger partial charge is 0.203 e. The molecule has 1 heterocycles. The van der Waals surface area contributed by atoms with Crippen molar-refractivity contribution in [3.8, 4) is 17.2 Å². The second kappa shape index (κ2) is 7.30. The fraction of sp³-hybridized carbons (Fsp3) is 0.280. The first-order valence-electron chi connectivity index (χ1n) is 10.3. The van der Waals surface area contributed by atoms with Gasteiger partial charge in [-0.15, -0.1) is 0 Å². The van der Waals surface area contributed by atoms with Crippen molar-refractivity contribution in [1.29, 1.82) is 0 Å². The Balaban J connectivity index is 1.79. The van der Waals surface area contributed by atoms with Crippen molar-refractivity contribution in [2.75, 3.05) is 21.3 Å². The standard InChI is InChI=1S/C25H23NO5/c1-29-18-12-11-15(24(30-2)25(18)31-3)19-20-16(9-6-10-17(20)27)26-22-13-7-4-5-8-14(13)23(28)21(19)22/h4-5,7-8,11-12,19,26H,6,9-10H2,1-3H3. The summed E-state index contributed by atoms with van der Waals surface area (Å²) in [5, 5.41) is 3.44. The maximum atomic E-state index is 13.5. The van der Waals surface area contributed by atoms with Gasteiger partial charge in [-0.05, 0) is 18.9 Å². The number of ether oxygens (including phenoxy) is 3. The van der Waals surface area contributed by atoms with E-state index in [1.807, 2.05) is 30.3 Å². The second-order valence-corrected chi connectivity index (χ2v) is 7.81. The fourth-order valence-electron chi connectivity index (χ4n) is 5.00. The Kier molecular flexibility index (Phi) is 4.58. The highest BCUT2D eigenvalue weighted by atomic mass is 16.5. The Morgan fingerprint density at radius 1 is 0.839 bits per heavy atom. The van der Waals surface area contributed by atoms with E-state index in [-0.39, 0.29) is 11.6 Å². The minimum atomic E-state index is -0.534. The van der Waals surface area contributed by atoms with E-state index < -0.39 is 5.92 Å². The molecule has 0 bridgehead atoms. The van der Waals surface area contributed by atoms with Crippen molar-refractivity contribution in [3.63, 3.8) is 0 Å². The molecule has 0 fully saturated rings. The molecule has 1 atom stereocenters. The third kappa shape index (κ3) is 2.71. The number of hydrogen-bond acceptors (Lipinski definition) is 6. The van der Waals surface area contributed by atoms with E-state index in [4.69, 9.17) is 14.2 Å². The van der Waals surface area contributed by atoms with Gasteiger partial charge < -0.3 is 19.5 Å². The third-order valence-electron chi connectivity index (χ3n) is 6.31. The zero-order valence-corrected chi connectivity index (χ0v) is 17.7. The third-order valence-corrected chi connectivity index (χ3v) is 6.31. The highest BCUT2D eigenvalue weighted by molar-refractivity contribution is 6.23. The van der Waals surface area contributed by atoms with Crippen LogP contribution in [0.15, 0.2) is 53.2 Å². The molecule has 0 amide bonds. The van der Waals surface area contributed by atoms with Gasteiger partial charge in [0.2, 0.25) is 5.75 Å². The molecule has 1 aliphatic heterocycles. The Labute approximate surface area is 180 Å². The number of nitrogens with one attached hydrogen (secondary N) is 1. The molecule has 3 aliphatic rings. The summed E-state index contributed by atoms with van der Waals surface area (Å²) in [7, 11) is 4.66. The summed E-state index contributed by atoms with van der Waals surface area (Å²) in [6.45, 7) is 0. The molecule has 31 heavy (non-hydrogen) atoms. The minimum Gasteiger partial charge on any atom is -0.493 e. The van der Waals surface area contributed by atoms with Crippen LogP contribution in [0.5, 0.6) is 17.2 Å². The number of carbonyl (C=O) groups is 2. The van der Waals surface area contributed by atoms with Crippen LogP contribution < -0.4 is 19.5 Å². The first kappa shape index (κ1) is 19.4. The second-order valence-electron chi connectivity index (χ2n) is 7.81. The normalized spacial score (nSPS) is 19.5. The summed E-state index contributed by atoms with van der Waals surface area (Å²) in [4.78, 5) is 26.7.